The Bertz CT molecular complexity index is 477. The standard InChI is InChI=1S/C12H17N3O2S/c1-8-3-6-18-9(8)7-14-11(16)12(4-2-5-12)10(13)15-17/h3,6,17H,2,4-5,7H2,1H3,(H2,13,15)(H,14,16). The number of nitrogens with zero attached hydrogens (tertiary/aromatic N) is 1. The number of thiophene rings is 1. The monoisotopic (exact) mass is 267 g/mol. The van der Waals surface area contributed by atoms with Gasteiger partial charge in [0.1, 0.15) is 5.41 Å². The van der Waals surface area contributed by atoms with Crippen molar-refractivity contribution >= 4 is 23.1 Å². The summed E-state index contributed by atoms with van der Waals surface area (Å²) >= 11 is 1.62. The predicted octanol–water partition coefficient (Wildman–Crippen LogP) is 1.59. The van der Waals surface area contributed by atoms with E-state index >= 15 is 0 Å². The van der Waals surface area contributed by atoms with Gasteiger partial charge in [0.05, 0.1) is 6.54 Å². The molecule has 0 atom stereocenters. The molecule has 1 fully saturated rings. The van der Waals surface area contributed by atoms with Gasteiger partial charge in [0.2, 0.25) is 5.91 Å². The molecule has 1 amide bonds. The molecule has 1 aliphatic rings. The van der Waals surface area contributed by atoms with E-state index in [0.717, 1.165) is 11.3 Å². The van der Waals surface area contributed by atoms with Crippen LogP contribution in [0.5, 0.6) is 0 Å². The number of amides is 1. The van der Waals surface area contributed by atoms with Crippen LogP contribution in [0, 0.1) is 12.3 Å². The first-order valence-corrected chi connectivity index (χ1v) is 6.77. The summed E-state index contributed by atoms with van der Waals surface area (Å²) in [6.07, 6.45) is 2.23. The third-order valence-corrected chi connectivity index (χ3v) is 4.64. The molecule has 1 aromatic rings. The number of carbonyl (C=O) groups excluding carboxylic acids is 1. The van der Waals surface area contributed by atoms with Gasteiger partial charge < -0.3 is 16.3 Å². The predicted molar refractivity (Wildman–Crippen MR) is 70.6 cm³/mol. The Hall–Kier alpha value is -1.56. The second-order valence-corrected chi connectivity index (χ2v) is 5.63. The van der Waals surface area contributed by atoms with E-state index in [9.17, 15) is 4.79 Å². The number of amidine groups is 1. The van der Waals surface area contributed by atoms with Crippen LogP contribution in [-0.4, -0.2) is 17.0 Å². The van der Waals surface area contributed by atoms with Crippen LogP contribution in [-0.2, 0) is 11.3 Å². The van der Waals surface area contributed by atoms with E-state index in [1.54, 1.807) is 11.3 Å². The zero-order valence-corrected chi connectivity index (χ0v) is 11.1. The van der Waals surface area contributed by atoms with Gasteiger partial charge in [0.25, 0.3) is 0 Å². The van der Waals surface area contributed by atoms with Crippen LogP contribution in [0.25, 0.3) is 0 Å². The summed E-state index contributed by atoms with van der Waals surface area (Å²) in [5, 5.41) is 16.7. The molecule has 18 heavy (non-hydrogen) atoms. The second kappa shape index (κ2) is 4.97. The first kappa shape index (κ1) is 12.9. The molecule has 98 valence electrons. The fourth-order valence-corrected chi connectivity index (χ4v) is 2.99. The van der Waals surface area contributed by atoms with Crippen LogP contribution in [0.3, 0.4) is 0 Å². The summed E-state index contributed by atoms with van der Waals surface area (Å²) in [6, 6.07) is 2.02. The summed E-state index contributed by atoms with van der Waals surface area (Å²) in [4.78, 5) is 13.3. The minimum Gasteiger partial charge on any atom is -0.409 e. The second-order valence-electron chi connectivity index (χ2n) is 4.63. The van der Waals surface area contributed by atoms with E-state index in [1.165, 1.54) is 5.56 Å². The summed E-state index contributed by atoms with van der Waals surface area (Å²) in [5.41, 5.74) is 6.02. The van der Waals surface area contributed by atoms with Crippen molar-refractivity contribution in [2.24, 2.45) is 16.3 Å². The van der Waals surface area contributed by atoms with Gasteiger partial charge in [-0.15, -0.1) is 11.3 Å². The first-order chi connectivity index (χ1) is 8.60. The van der Waals surface area contributed by atoms with Crippen molar-refractivity contribution in [3.8, 4) is 0 Å². The topological polar surface area (TPSA) is 87.7 Å². The maximum atomic E-state index is 12.2. The Morgan fingerprint density at radius 2 is 2.39 bits per heavy atom. The highest BCUT2D eigenvalue weighted by Gasteiger charge is 2.48. The van der Waals surface area contributed by atoms with Crippen LogP contribution in [0.1, 0.15) is 29.7 Å². The lowest BCUT2D eigenvalue weighted by Crippen LogP contribution is -2.53. The number of rotatable bonds is 4. The average molecular weight is 267 g/mol. The van der Waals surface area contributed by atoms with Gasteiger partial charge in [-0.3, -0.25) is 4.79 Å². The summed E-state index contributed by atoms with van der Waals surface area (Å²) < 4.78 is 0. The van der Waals surface area contributed by atoms with Crippen molar-refractivity contribution in [2.75, 3.05) is 0 Å². The molecule has 0 spiro atoms. The van der Waals surface area contributed by atoms with E-state index in [-0.39, 0.29) is 11.7 Å². The number of hydrogen-bond acceptors (Lipinski definition) is 4. The number of nitrogens with one attached hydrogen (secondary N) is 1. The van der Waals surface area contributed by atoms with E-state index in [4.69, 9.17) is 10.9 Å². The van der Waals surface area contributed by atoms with Gasteiger partial charge in [-0.1, -0.05) is 11.6 Å². The summed E-state index contributed by atoms with van der Waals surface area (Å²) in [7, 11) is 0. The molecule has 6 heteroatoms. The third-order valence-electron chi connectivity index (χ3n) is 3.62. The molecule has 0 aromatic carbocycles. The number of aryl methyl sites for hydroxylation is 1. The molecule has 4 N–H and O–H groups in total. The van der Waals surface area contributed by atoms with Crippen LogP contribution in [0.15, 0.2) is 16.6 Å². The number of hydrogen-bond donors (Lipinski definition) is 3. The van der Waals surface area contributed by atoms with Gasteiger partial charge >= 0.3 is 0 Å². The van der Waals surface area contributed by atoms with Crippen LogP contribution >= 0.6 is 11.3 Å². The van der Waals surface area contributed by atoms with E-state index < -0.39 is 5.41 Å². The maximum absolute atomic E-state index is 12.2. The molecular weight excluding hydrogens is 250 g/mol. The zero-order chi connectivity index (χ0) is 13.2. The Morgan fingerprint density at radius 1 is 1.67 bits per heavy atom. The van der Waals surface area contributed by atoms with Gasteiger partial charge in [0.15, 0.2) is 5.84 Å². The molecule has 1 saturated carbocycles. The lowest BCUT2D eigenvalue weighted by Gasteiger charge is -2.38. The first-order valence-electron chi connectivity index (χ1n) is 5.89. The lowest BCUT2D eigenvalue weighted by atomic mass is 9.67. The zero-order valence-electron chi connectivity index (χ0n) is 10.3. The highest BCUT2D eigenvalue weighted by molar-refractivity contribution is 7.10. The molecule has 2 rings (SSSR count). The summed E-state index contributed by atoms with van der Waals surface area (Å²) in [5.74, 6) is -0.119. The highest BCUT2D eigenvalue weighted by Crippen LogP contribution is 2.41. The highest BCUT2D eigenvalue weighted by atomic mass is 32.1. The molecule has 5 nitrogen and oxygen atoms in total. The SMILES string of the molecule is Cc1ccsc1CNC(=O)C1(/C(N)=N/O)CCC1. The van der Waals surface area contributed by atoms with E-state index in [0.29, 0.717) is 19.4 Å². The van der Waals surface area contributed by atoms with Crippen molar-refractivity contribution < 1.29 is 10.0 Å². The van der Waals surface area contributed by atoms with Crippen molar-refractivity contribution in [1.82, 2.24) is 5.32 Å². The van der Waals surface area contributed by atoms with Gasteiger partial charge in [0, 0.05) is 4.88 Å². The van der Waals surface area contributed by atoms with Crippen molar-refractivity contribution in [3.05, 3.63) is 21.9 Å². The molecule has 1 aliphatic carbocycles. The summed E-state index contributed by atoms with van der Waals surface area (Å²) in [6.45, 7) is 2.52. The third kappa shape index (κ3) is 2.08. The molecular formula is C12H17N3O2S. The lowest BCUT2D eigenvalue weighted by molar-refractivity contribution is -0.131. The van der Waals surface area contributed by atoms with Crippen LogP contribution < -0.4 is 11.1 Å². The van der Waals surface area contributed by atoms with Crippen molar-refractivity contribution in [3.63, 3.8) is 0 Å². The molecule has 0 aliphatic heterocycles. The Morgan fingerprint density at radius 3 is 2.83 bits per heavy atom. The van der Waals surface area contributed by atoms with Gasteiger partial charge in [-0.2, -0.15) is 0 Å². The quantitative estimate of drug-likeness (QED) is 0.335. The van der Waals surface area contributed by atoms with Crippen molar-refractivity contribution in [1.29, 1.82) is 0 Å². The van der Waals surface area contributed by atoms with Crippen molar-refractivity contribution in [2.45, 2.75) is 32.7 Å². The molecule has 0 saturated heterocycles. The van der Waals surface area contributed by atoms with E-state index in [1.807, 2.05) is 18.4 Å². The Labute approximate surface area is 110 Å². The fourth-order valence-electron chi connectivity index (χ4n) is 2.14. The average Bonchev–Trinajstić information content (AvgIpc) is 2.70. The Balaban J connectivity index is 2.01. The van der Waals surface area contributed by atoms with Crippen LogP contribution in [0.4, 0.5) is 0 Å². The number of oxime groups is 1. The number of nitrogens with two attached hydrogens (primary N) is 1. The van der Waals surface area contributed by atoms with Crippen LogP contribution in [0.2, 0.25) is 0 Å². The molecule has 0 radical (unpaired) electrons. The fraction of sp³-hybridized carbons (Fsp3) is 0.500. The van der Waals surface area contributed by atoms with Gasteiger partial charge in [-0.25, -0.2) is 0 Å². The smallest absolute Gasteiger partial charge is 0.234 e. The normalized spacial score (nSPS) is 18.2. The minimum absolute atomic E-state index is 0.0224. The molecule has 1 heterocycles. The molecule has 1 aromatic heterocycles. The number of carbonyl (C=O) groups is 1. The largest absolute Gasteiger partial charge is 0.409 e. The maximum Gasteiger partial charge on any atom is 0.234 e. The minimum atomic E-state index is -0.792. The Kier molecular flexibility index (Phi) is 3.56. The van der Waals surface area contributed by atoms with E-state index in [2.05, 4.69) is 10.5 Å². The molecule has 0 bridgehead atoms. The van der Waals surface area contributed by atoms with Gasteiger partial charge in [-0.05, 0) is 36.8 Å². The molecule has 0 unspecified atom stereocenters.